The predicted octanol–water partition coefficient (Wildman–Crippen LogP) is 7.12. The molecule has 0 aliphatic heterocycles. The molecule has 0 bridgehead atoms. The van der Waals surface area contributed by atoms with Crippen LogP contribution in [0, 0.1) is 0 Å². The number of phenols is 3. The third kappa shape index (κ3) is 4.45. The van der Waals surface area contributed by atoms with Crippen LogP contribution in [0.25, 0.3) is 0 Å². The molecule has 3 nitrogen and oxygen atoms in total. The van der Waals surface area contributed by atoms with E-state index in [4.69, 9.17) is 4.29 Å². The van der Waals surface area contributed by atoms with Crippen LogP contribution >= 0.6 is 0 Å². The Bertz CT molecular complexity index is 1200. The zero-order valence-corrected chi connectivity index (χ0v) is 18.5. The minimum atomic E-state index is -0.489. The van der Waals surface area contributed by atoms with Crippen molar-refractivity contribution in [3.05, 3.63) is 125 Å². The first-order valence-corrected chi connectivity index (χ1v) is 10.6. The van der Waals surface area contributed by atoms with Gasteiger partial charge in [0.2, 0.25) is 0 Å². The Kier molecular flexibility index (Phi) is 5.45. The highest BCUT2D eigenvalue weighted by molar-refractivity contribution is 5.52. The molecule has 3 heteroatoms. The van der Waals surface area contributed by atoms with Gasteiger partial charge in [-0.15, -0.1) is 0 Å². The SMILES string of the molecule is C.[2H]Oc1ccc(C(C)(C)c2ccc(C(C)(c3ccc(O[2H])cc3)c3ccc(O[2H])cc3)cc2)cc1. The summed E-state index contributed by atoms with van der Waals surface area (Å²) < 4.78 is 21.4. The Balaban J connectivity index is 0.00000361. The molecule has 0 unspecified atom stereocenters. The summed E-state index contributed by atoms with van der Waals surface area (Å²) in [5, 5.41) is 13.8. The maximum absolute atomic E-state index is 7.17. The van der Waals surface area contributed by atoms with E-state index in [1.165, 1.54) is 5.56 Å². The van der Waals surface area contributed by atoms with E-state index in [0.29, 0.717) is 17.2 Å². The van der Waals surface area contributed by atoms with Crippen molar-refractivity contribution in [3.63, 3.8) is 0 Å². The number of hydrogen-bond donors (Lipinski definition) is 3. The summed E-state index contributed by atoms with van der Waals surface area (Å²) in [6.45, 7) is 6.52. The molecule has 0 saturated carbocycles. The first-order chi connectivity index (χ1) is 16.8. The van der Waals surface area contributed by atoms with Crippen LogP contribution in [0.15, 0.2) is 97.1 Å². The normalized spacial score (nSPS) is 12.5. The summed E-state index contributed by atoms with van der Waals surface area (Å²) in [5.41, 5.74) is 4.78. The quantitative estimate of drug-likeness (QED) is 0.254. The number of phenolic OH excluding ortho intramolecular Hbond substituents is 3. The lowest BCUT2D eigenvalue weighted by Gasteiger charge is -2.33. The van der Waals surface area contributed by atoms with Gasteiger partial charge in [-0.25, -0.2) is 0 Å². The molecule has 3 N–H and O–H groups in total. The Morgan fingerprint density at radius 3 is 1.00 bits per heavy atom. The molecule has 4 aromatic carbocycles. The lowest BCUT2D eigenvalue weighted by atomic mass is 9.70. The molecular formula is C30H32O3. The largest absolute Gasteiger partial charge is 0.508 e. The Labute approximate surface area is 201 Å². The molecule has 0 aromatic heterocycles. The van der Waals surface area contributed by atoms with E-state index in [1.807, 2.05) is 48.5 Å². The Morgan fingerprint density at radius 2 is 0.697 bits per heavy atom. The van der Waals surface area contributed by atoms with Crippen LogP contribution in [-0.4, -0.2) is 19.6 Å². The second-order valence-electron chi connectivity index (χ2n) is 8.90. The zero-order chi connectivity index (χ0) is 25.1. The summed E-state index contributed by atoms with van der Waals surface area (Å²) in [6, 6.07) is 31.3. The van der Waals surface area contributed by atoms with Gasteiger partial charge >= 0.3 is 0 Å². The van der Waals surface area contributed by atoms with Crippen molar-refractivity contribution in [2.45, 2.75) is 39.0 Å². The van der Waals surface area contributed by atoms with Gasteiger partial charge in [0.1, 0.15) is 17.2 Å². The second-order valence-corrected chi connectivity index (χ2v) is 8.90. The molecule has 4 rings (SSSR count). The molecular weight excluding hydrogens is 408 g/mol. The van der Waals surface area contributed by atoms with Gasteiger partial charge < -0.3 is 15.3 Å². The molecule has 0 aliphatic rings. The number of hydrogen-bond acceptors (Lipinski definition) is 3. The van der Waals surface area contributed by atoms with E-state index >= 15 is 0 Å². The van der Waals surface area contributed by atoms with Gasteiger partial charge in [0.15, 0.2) is 0 Å². The average molecular weight is 444 g/mol. The van der Waals surface area contributed by atoms with Crippen molar-refractivity contribution in [1.82, 2.24) is 0 Å². The second kappa shape index (κ2) is 9.03. The molecule has 0 amide bonds. The first kappa shape index (κ1) is 19.9. The highest BCUT2D eigenvalue weighted by atomic mass is 16.3. The van der Waals surface area contributed by atoms with Crippen LogP contribution in [0.5, 0.6) is 17.2 Å². The highest BCUT2D eigenvalue weighted by Crippen LogP contribution is 2.41. The third-order valence-corrected chi connectivity index (χ3v) is 6.62. The molecule has 0 spiro atoms. The average Bonchev–Trinajstić information content (AvgIpc) is 2.92. The minimum Gasteiger partial charge on any atom is -0.508 e. The van der Waals surface area contributed by atoms with Crippen LogP contribution in [0.4, 0.5) is 0 Å². The summed E-state index contributed by atoms with van der Waals surface area (Å²) in [7, 11) is 0. The summed E-state index contributed by atoms with van der Waals surface area (Å²) in [6.07, 6.45) is 0. The standard InChI is InChI=1S/C29H28O3.CH4/c1-28(2,21-8-14-25(30)15-9-21)20-4-6-22(7-5-20)29(3,23-10-16-26(31)17-11-23)24-12-18-27(32)19-13-24;/h4-19,30-32H,1-3H3;1H4/i/hD3. The molecule has 0 fully saturated rings. The lowest BCUT2D eigenvalue weighted by Crippen LogP contribution is -2.26. The van der Waals surface area contributed by atoms with E-state index in [1.54, 1.807) is 24.3 Å². The maximum Gasteiger partial charge on any atom is 0.293 e. The van der Waals surface area contributed by atoms with Crippen LogP contribution in [0.3, 0.4) is 0 Å². The predicted molar refractivity (Wildman–Crippen MR) is 135 cm³/mol. The van der Waals surface area contributed by atoms with Crippen molar-refractivity contribution in [2.75, 3.05) is 0 Å². The molecule has 0 heterocycles. The van der Waals surface area contributed by atoms with Gasteiger partial charge in [0, 0.05) is 10.8 Å². The van der Waals surface area contributed by atoms with Crippen molar-refractivity contribution in [2.24, 2.45) is 0 Å². The van der Waals surface area contributed by atoms with Gasteiger partial charge in [-0.05, 0) is 71.1 Å². The number of aromatic hydroxyl groups is 3. The van der Waals surface area contributed by atoms with E-state index in [2.05, 4.69) is 60.4 Å². The molecule has 0 saturated heterocycles. The van der Waals surface area contributed by atoms with E-state index < -0.39 is 5.41 Å². The molecule has 0 radical (unpaired) electrons. The van der Waals surface area contributed by atoms with Crippen LogP contribution < -0.4 is 0 Å². The molecule has 33 heavy (non-hydrogen) atoms. The third-order valence-electron chi connectivity index (χ3n) is 6.62. The Morgan fingerprint density at radius 1 is 0.455 bits per heavy atom. The van der Waals surface area contributed by atoms with E-state index in [0.717, 1.165) is 22.3 Å². The van der Waals surface area contributed by atoms with Gasteiger partial charge in [-0.3, -0.25) is 0 Å². The number of benzene rings is 4. The minimum absolute atomic E-state index is 0. The van der Waals surface area contributed by atoms with Gasteiger partial charge in [0.05, 0.1) is 0 Å². The summed E-state index contributed by atoms with van der Waals surface area (Å²) in [4.78, 5) is 0. The first-order valence-electron chi connectivity index (χ1n) is 11.9. The van der Waals surface area contributed by atoms with Crippen molar-refractivity contribution >= 4 is 0 Å². The molecule has 0 aliphatic carbocycles. The van der Waals surface area contributed by atoms with Crippen LogP contribution in [-0.2, 0) is 10.8 Å². The fourth-order valence-corrected chi connectivity index (χ4v) is 4.34. The van der Waals surface area contributed by atoms with Crippen LogP contribution in [0.2, 0.25) is 0 Å². The van der Waals surface area contributed by atoms with Crippen LogP contribution in [0.1, 0.15) is 56.0 Å². The topological polar surface area (TPSA) is 60.7 Å². The lowest BCUT2D eigenvalue weighted by molar-refractivity contribution is 0.473. The van der Waals surface area contributed by atoms with E-state index in [9.17, 15) is 0 Å². The zero-order valence-electron chi connectivity index (χ0n) is 21.5. The van der Waals surface area contributed by atoms with Gasteiger partial charge in [0.25, 0.3) is 4.29 Å². The molecule has 0 atom stereocenters. The fourth-order valence-electron chi connectivity index (χ4n) is 4.34. The van der Waals surface area contributed by atoms with Gasteiger partial charge in [-0.1, -0.05) is 81.9 Å². The van der Waals surface area contributed by atoms with Crippen molar-refractivity contribution in [3.8, 4) is 17.2 Å². The van der Waals surface area contributed by atoms with E-state index in [-0.39, 0.29) is 12.8 Å². The van der Waals surface area contributed by atoms with Crippen molar-refractivity contribution < 1.29 is 15.3 Å². The maximum atomic E-state index is 7.17. The number of rotatable bonds is 8. The van der Waals surface area contributed by atoms with Crippen molar-refractivity contribution in [1.29, 1.82) is 4.29 Å². The fraction of sp³-hybridized carbons (Fsp3) is 0.200. The Hall–Kier alpha value is -3.72. The summed E-state index contributed by atoms with van der Waals surface area (Å²) in [5.74, 6) is 1.47. The molecule has 4 aromatic rings. The summed E-state index contributed by atoms with van der Waals surface area (Å²) >= 11 is 0. The monoisotopic (exact) mass is 443 g/mol. The molecule has 170 valence electrons. The smallest absolute Gasteiger partial charge is 0.293 e. The van der Waals surface area contributed by atoms with Gasteiger partial charge in [-0.2, -0.15) is 0 Å². The highest BCUT2D eigenvalue weighted by Gasteiger charge is 2.32.